The van der Waals surface area contributed by atoms with E-state index in [0.29, 0.717) is 5.25 Å². The van der Waals surface area contributed by atoms with Gasteiger partial charge < -0.3 is 15.7 Å². The van der Waals surface area contributed by atoms with Crippen LogP contribution in [-0.2, 0) is 4.79 Å². The van der Waals surface area contributed by atoms with Crippen molar-refractivity contribution in [2.45, 2.75) is 43.0 Å². The minimum Gasteiger partial charge on any atom is -0.481 e. The topological polar surface area (TPSA) is 120 Å². The number of aliphatic carboxylic acids is 1. The molecule has 0 bridgehead atoms. The smallest absolute Gasteiger partial charge is 0.315 e. The van der Waals surface area contributed by atoms with E-state index in [4.69, 9.17) is 5.11 Å². The third kappa shape index (κ3) is 4.92. The minimum atomic E-state index is -0.729. The van der Waals surface area contributed by atoms with E-state index in [1.165, 1.54) is 0 Å². The van der Waals surface area contributed by atoms with Gasteiger partial charge in [0.25, 0.3) is 0 Å². The van der Waals surface area contributed by atoms with E-state index >= 15 is 0 Å². The van der Waals surface area contributed by atoms with Crippen LogP contribution in [0.25, 0.3) is 0 Å². The summed E-state index contributed by atoms with van der Waals surface area (Å²) in [5, 5.41) is 24.0. The molecular formula is C12H19N5O3S. The molecule has 2 aliphatic heterocycles. The molecule has 4 N–H and O–H groups in total. The van der Waals surface area contributed by atoms with Crippen LogP contribution in [0.3, 0.4) is 0 Å². The number of carbonyl (C=O) groups excluding carboxylic acids is 1. The number of thioether (sulfide) groups is 1. The summed E-state index contributed by atoms with van der Waals surface area (Å²) in [6.45, 7) is 0. The second-order valence-corrected chi connectivity index (χ2v) is 6.19. The number of carboxylic acid groups (broad SMARTS) is 1. The van der Waals surface area contributed by atoms with Crippen LogP contribution in [0.2, 0.25) is 0 Å². The second-order valence-electron chi connectivity index (χ2n) is 4.92. The number of amides is 2. The van der Waals surface area contributed by atoms with Crippen LogP contribution in [0.4, 0.5) is 4.79 Å². The fraction of sp³-hybridized carbons (Fsp3) is 0.667. The summed E-state index contributed by atoms with van der Waals surface area (Å²) < 4.78 is 0. The first-order valence-corrected chi connectivity index (χ1v) is 7.92. The number of nitrogens with one attached hydrogen (secondary N) is 3. The number of rotatable bonds is 5. The number of hydrogen-bond acceptors (Lipinski definition) is 5. The number of aromatic amines is 1. The Labute approximate surface area is 126 Å². The van der Waals surface area contributed by atoms with Crippen molar-refractivity contribution in [3.05, 3.63) is 12.4 Å². The molecule has 0 aromatic carbocycles. The third-order valence-corrected chi connectivity index (χ3v) is 4.91. The van der Waals surface area contributed by atoms with Crippen molar-refractivity contribution in [1.82, 2.24) is 26.0 Å². The van der Waals surface area contributed by atoms with E-state index in [9.17, 15) is 9.59 Å². The van der Waals surface area contributed by atoms with Crippen molar-refractivity contribution in [3.8, 4) is 0 Å². The summed E-state index contributed by atoms with van der Waals surface area (Å²) in [4.78, 5) is 21.5. The first-order chi connectivity index (χ1) is 10.2. The molecule has 2 aliphatic rings. The number of fused-ring (bicyclic) bond motifs is 1. The standard InChI is InChI=1S/C10H16N2O3S.C2H3N3/c13-8(14)4-2-1-3-7-9-6(5-16-7)11-10(15)12-9;1-2-4-5-3-1/h6-7,9H,1-5H2,(H,13,14)(H2,11,12,15);1-2H,(H,3,4,5)/t6-,7-,9-;/m0./s1. The molecule has 0 spiro atoms. The van der Waals surface area contributed by atoms with Gasteiger partial charge in [-0.1, -0.05) is 11.6 Å². The number of unbranched alkanes of at least 4 members (excludes halogenated alkanes) is 1. The Bertz CT molecular complexity index is 439. The van der Waals surface area contributed by atoms with Gasteiger partial charge in [-0.2, -0.15) is 11.8 Å². The highest BCUT2D eigenvalue weighted by Gasteiger charge is 2.42. The quantitative estimate of drug-likeness (QED) is 0.467. The number of nitrogens with zero attached hydrogens (tertiary/aromatic N) is 2. The van der Waals surface area contributed by atoms with Gasteiger partial charge in [0.15, 0.2) is 0 Å². The van der Waals surface area contributed by atoms with Crippen LogP contribution >= 0.6 is 11.8 Å². The molecule has 0 aliphatic carbocycles. The van der Waals surface area contributed by atoms with E-state index in [2.05, 4.69) is 26.0 Å². The predicted octanol–water partition coefficient (Wildman–Crippen LogP) is 0.601. The number of hydrogen-bond donors (Lipinski definition) is 4. The number of carbonyl (C=O) groups is 2. The van der Waals surface area contributed by atoms with Crippen molar-refractivity contribution in [3.63, 3.8) is 0 Å². The van der Waals surface area contributed by atoms with Crippen molar-refractivity contribution in [1.29, 1.82) is 0 Å². The monoisotopic (exact) mass is 313 g/mol. The Kier molecular flexibility index (Phi) is 5.85. The molecule has 2 amide bonds. The van der Waals surface area contributed by atoms with Crippen LogP contribution < -0.4 is 10.6 Å². The molecule has 3 rings (SSSR count). The average molecular weight is 313 g/mol. The highest BCUT2D eigenvalue weighted by atomic mass is 32.2. The Balaban J connectivity index is 0.000000272. The molecule has 0 saturated carbocycles. The zero-order chi connectivity index (χ0) is 15.1. The van der Waals surface area contributed by atoms with E-state index in [-0.39, 0.29) is 24.5 Å². The first kappa shape index (κ1) is 15.6. The Morgan fingerprint density at radius 3 is 2.90 bits per heavy atom. The summed E-state index contributed by atoms with van der Waals surface area (Å²) in [5.74, 6) is 0.236. The van der Waals surface area contributed by atoms with E-state index in [1.807, 2.05) is 11.8 Å². The van der Waals surface area contributed by atoms with Crippen LogP contribution in [0.5, 0.6) is 0 Å². The molecule has 8 nitrogen and oxygen atoms in total. The number of urea groups is 1. The predicted molar refractivity (Wildman–Crippen MR) is 78.0 cm³/mol. The molecular weight excluding hydrogens is 294 g/mol. The molecule has 0 unspecified atom stereocenters. The molecule has 2 saturated heterocycles. The van der Waals surface area contributed by atoms with Gasteiger partial charge in [-0.25, -0.2) is 4.79 Å². The van der Waals surface area contributed by atoms with E-state index in [0.717, 1.165) is 25.0 Å². The largest absolute Gasteiger partial charge is 0.481 e. The van der Waals surface area contributed by atoms with Gasteiger partial charge in [-0.05, 0) is 12.8 Å². The van der Waals surface area contributed by atoms with Gasteiger partial charge in [0.2, 0.25) is 0 Å². The average Bonchev–Trinajstić information content (AvgIpc) is 3.14. The Morgan fingerprint density at radius 2 is 2.29 bits per heavy atom. The van der Waals surface area contributed by atoms with Crippen molar-refractivity contribution in [2.24, 2.45) is 0 Å². The maximum atomic E-state index is 11.1. The van der Waals surface area contributed by atoms with Crippen LogP contribution in [0.1, 0.15) is 25.7 Å². The van der Waals surface area contributed by atoms with Crippen molar-refractivity contribution < 1.29 is 14.7 Å². The van der Waals surface area contributed by atoms with Gasteiger partial charge in [-0.3, -0.25) is 9.89 Å². The molecule has 0 radical (unpaired) electrons. The lowest BCUT2D eigenvalue weighted by Gasteiger charge is -2.16. The molecule has 3 atom stereocenters. The van der Waals surface area contributed by atoms with E-state index < -0.39 is 5.97 Å². The summed E-state index contributed by atoms with van der Waals surface area (Å²) in [5.41, 5.74) is 0. The molecule has 9 heteroatoms. The molecule has 1 aromatic rings. The van der Waals surface area contributed by atoms with Gasteiger partial charge in [-0.15, -0.1) is 5.10 Å². The fourth-order valence-corrected chi connectivity index (χ4v) is 3.98. The van der Waals surface area contributed by atoms with Crippen molar-refractivity contribution in [2.75, 3.05) is 5.75 Å². The molecule has 1 aromatic heterocycles. The lowest BCUT2D eigenvalue weighted by atomic mass is 10.0. The lowest BCUT2D eigenvalue weighted by Crippen LogP contribution is -2.36. The van der Waals surface area contributed by atoms with Gasteiger partial charge >= 0.3 is 12.0 Å². The maximum Gasteiger partial charge on any atom is 0.315 e. The highest BCUT2D eigenvalue weighted by molar-refractivity contribution is 8.00. The number of H-pyrrole nitrogens is 1. The van der Waals surface area contributed by atoms with Crippen LogP contribution in [0, 0.1) is 0 Å². The summed E-state index contributed by atoms with van der Waals surface area (Å²) in [6.07, 6.45) is 6.12. The normalized spacial score (nSPS) is 26.3. The van der Waals surface area contributed by atoms with Gasteiger partial charge in [0.1, 0.15) is 0 Å². The minimum absolute atomic E-state index is 0.0640. The van der Waals surface area contributed by atoms with E-state index in [1.54, 1.807) is 12.4 Å². The molecule has 21 heavy (non-hydrogen) atoms. The molecule has 2 fully saturated rings. The lowest BCUT2D eigenvalue weighted by molar-refractivity contribution is -0.137. The summed E-state index contributed by atoms with van der Waals surface area (Å²) >= 11 is 1.87. The molecule has 116 valence electrons. The van der Waals surface area contributed by atoms with Crippen LogP contribution in [-0.4, -0.2) is 55.6 Å². The maximum absolute atomic E-state index is 11.1. The second kappa shape index (κ2) is 7.87. The Morgan fingerprint density at radius 1 is 1.43 bits per heavy atom. The van der Waals surface area contributed by atoms with Crippen LogP contribution in [0.15, 0.2) is 12.4 Å². The summed E-state index contributed by atoms with van der Waals surface area (Å²) in [6, 6.07) is 0.440. The number of aromatic nitrogens is 3. The van der Waals surface area contributed by atoms with Gasteiger partial charge in [0, 0.05) is 23.6 Å². The fourth-order valence-electron chi connectivity index (χ4n) is 2.43. The number of carboxylic acids is 1. The molecule has 3 heterocycles. The Hall–Kier alpha value is -1.77. The first-order valence-electron chi connectivity index (χ1n) is 6.87. The van der Waals surface area contributed by atoms with Gasteiger partial charge in [0.05, 0.1) is 18.3 Å². The zero-order valence-corrected chi connectivity index (χ0v) is 12.3. The summed E-state index contributed by atoms with van der Waals surface area (Å²) in [7, 11) is 0. The third-order valence-electron chi connectivity index (χ3n) is 3.40. The highest BCUT2D eigenvalue weighted by Crippen LogP contribution is 2.33. The zero-order valence-electron chi connectivity index (χ0n) is 11.5. The SMILES string of the molecule is O=C(O)CCCC[C@@H]1SC[C@@H]2NC(=O)N[C@@H]21.c1c[nH]nn1. The van der Waals surface area contributed by atoms with Crippen molar-refractivity contribution >= 4 is 23.8 Å².